The molecule has 2 rings (SSSR count). The van der Waals surface area contributed by atoms with E-state index in [9.17, 15) is 4.39 Å². The Kier molecular flexibility index (Phi) is 3.49. The Morgan fingerprint density at radius 2 is 2.24 bits per heavy atom. The van der Waals surface area contributed by atoms with Crippen LogP contribution >= 0.6 is 11.3 Å². The van der Waals surface area contributed by atoms with E-state index >= 15 is 0 Å². The normalized spacial score (nSPS) is 11.7. The summed E-state index contributed by atoms with van der Waals surface area (Å²) in [5, 5.41) is 6.31. The van der Waals surface area contributed by atoms with Crippen LogP contribution in [-0.2, 0) is 12.1 Å². The molecule has 0 aliphatic heterocycles. The van der Waals surface area contributed by atoms with E-state index in [0.717, 1.165) is 10.6 Å². The summed E-state index contributed by atoms with van der Waals surface area (Å²) in [5.41, 5.74) is 0.607. The molecule has 0 aliphatic carbocycles. The van der Waals surface area contributed by atoms with Gasteiger partial charge in [0, 0.05) is 24.3 Å². The standard InChI is InChI=1S/C12H14FN3S/c1-12(2,11-15-3-4-17-11)16-7-9-5-10(13)8-14-6-9/h3-6,8,16H,7H2,1-2H3. The molecule has 2 heterocycles. The largest absolute Gasteiger partial charge is 0.302 e. The Hall–Kier alpha value is -1.33. The predicted octanol–water partition coefficient (Wildman–Crippen LogP) is 2.70. The molecule has 90 valence electrons. The molecule has 0 unspecified atom stereocenters. The van der Waals surface area contributed by atoms with Gasteiger partial charge in [0.15, 0.2) is 0 Å². The number of nitrogens with one attached hydrogen (secondary N) is 1. The molecule has 0 spiro atoms. The van der Waals surface area contributed by atoms with Crippen molar-refractivity contribution in [3.8, 4) is 0 Å². The molecule has 3 nitrogen and oxygen atoms in total. The van der Waals surface area contributed by atoms with Crippen LogP contribution in [0.1, 0.15) is 24.4 Å². The smallest absolute Gasteiger partial charge is 0.141 e. The van der Waals surface area contributed by atoms with Crippen LogP contribution < -0.4 is 5.32 Å². The Morgan fingerprint density at radius 1 is 1.41 bits per heavy atom. The molecule has 0 atom stereocenters. The first-order valence-electron chi connectivity index (χ1n) is 5.32. The molecular formula is C12H14FN3S. The van der Waals surface area contributed by atoms with Crippen molar-refractivity contribution in [3.05, 3.63) is 46.4 Å². The first-order valence-corrected chi connectivity index (χ1v) is 6.20. The van der Waals surface area contributed by atoms with Gasteiger partial charge in [-0.2, -0.15) is 0 Å². The highest BCUT2D eigenvalue weighted by Gasteiger charge is 2.22. The van der Waals surface area contributed by atoms with Crippen molar-refractivity contribution in [1.29, 1.82) is 0 Å². The fourth-order valence-corrected chi connectivity index (χ4v) is 2.22. The van der Waals surface area contributed by atoms with Crippen molar-refractivity contribution in [2.24, 2.45) is 0 Å². The minimum atomic E-state index is -0.309. The van der Waals surface area contributed by atoms with Crippen LogP contribution in [0.2, 0.25) is 0 Å². The molecule has 0 radical (unpaired) electrons. The number of thiazole rings is 1. The van der Waals surface area contributed by atoms with Gasteiger partial charge in [-0.05, 0) is 25.5 Å². The van der Waals surface area contributed by atoms with Gasteiger partial charge >= 0.3 is 0 Å². The molecule has 0 aliphatic rings. The summed E-state index contributed by atoms with van der Waals surface area (Å²) in [5.74, 6) is -0.309. The molecule has 2 aromatic heterocycles. The maximum Gasteiger partial charge on any atom is 0.141 e. The van der Waals surface area contributed by atoms with Gasteiger partial charge in [0.05, 0.1) is 11.7 Å². The van der Waals surface area contributed by atoms with Crippen molar-refractivity contribution in [2.75, 3.05) is 0 Å². The summed E-state index contributed by atoms with van der Waals surface area (Å²) in [4.78, 5) is 8.10. The number of nitrogens with zero attached hydrogens (tertiary/aromatic N) is 2. The van der Waals surface area contributed by atoms with Crippen LogP contribution in [0, 0.1) is 5.82 Å². The third-order valence-electron chi connectivity index (χ3n) is 2.46. The first kappa shape index (κ1) is 12.1. The van der Waals surface area contributed by atoms with Gasteiger partial charge in [-0.3, -0.25) is 4.98 Å². The van der Waals surface area contributed by atoms with Crippen molar-refractivity contribution >= 4 is 11.3 Å². The SMILES string of the molecule is CC(C)(NCc1cncc(F)c1)c1nccs1. The van der Waals surface area contributed by atoms with E-state index in [4.69, 9.17) is 0 Å². The molecule has 2 aromatic rings. The van der Waals surface area contributed by atoms with E-state index in [1.807, 2.05) is 5.38 Å². The van der Waals surface area contributed by atoms with Gasteiger partial charge < -0.3 is 5.32 Å². The molecule has 0 saturated heterocycles. The zero-order valence-electron chi connectivity index (χ0n) is 9.77. The van der Waals surface area contributed by atoms with Crippen LogP contribution in [0.3, 0.4) is 0 Å². The van der Waals surface area contributed by atoms with Gasteiger partial charge in [0.2, 0.25) is 0 Å². The number of hydrogen-bond acceptors (Lipinski definition) is 4. The van der Waals surface area contributed by atoms with Crippen molar-refractivity contribution in [2.45, 2.75) is 25.9 Å². The quantitative estimate of drug-likeness (QED) is 0.908. The van der Waals surface area contributed by atoms with Crippen LogP contribution in [0.15, 0.2) is 30.0 Å². The molecule has 0 aromatic carbocycles. The fraction of sp³-hybridized carbons (Fsp3) is 0.333. The van der Waals surface area contributed by atoms with E-state index in [1.165, 1.54) is 12.3 Å². The summed E-state index contributed by atoms with van der Waals surface area (Å²) in [7, 11) is 0. The topological polar surface area (TPSA) is 37.8 Å². The second kappa shape index (κ2) is 4.89. The number of aromatic nitrogens is 2. The fourth-order valence-electron chi connectivity index (χ4n) is 1.48. The highest BCUT2D eigenvalue weighted by molar-refractivity contribution is 7.09. The van der Waals surface area contributed by atoms with E-state index in [-0.39, 0.29) is 11.4 Å². The second-order valence-corrected chi connectivity index (χ2v) is 5.22. The lowest BCUT2D eigenvalue weighted by Crippen LogP contribution is -2.35. The summed E-state index contributed by atoms with van der Waals surface area (Å²) < 4.78 is 13.0. The predicted molar refractivity (Wildman–Crippen MR) is 66.2 cm³/mol. The van der Waals surface area contributed by atoms with Gasteiger partial charge in [-0.25, -0.2) is 9.37 Å². The van der Waals surface area contributed by atoms with E-state index in [2.05, 4.69) is 29.1 Å². The molecule has 0 saturated carbocycles. The zero-order chi connectivity index (χ0) is 12.3. The first-order chi connectivity index (χ1) is 8.08. The number of rotatable bonds is 4. The summed E-state index contributed by atoms with van der Waals surface area (Å²) >= 11 is 1.60. The summed E-state index contributed by atoms with van der Waals surface area (Å²) in [6.07, 6.45) is 4.65. The number of halogens is 1. The third-order valence-corrected chi connectivity index (χ3v) is 3.56. The summed E-state index contributed by atoms with van der Waals surface area (Å²) in [6.45, 7) is 4.68. The highest BCUT2D eigenvalue weighted by atomic mass is 32.1. The molecule has 0 amide bonds. The molecule has 5 heteroatoms. The summed E-state index contributed by atoms with van der Waals surface area (Å²) in [6, 6.07) is 1.48. The van der Waals surface area contributed by atoms with Crippen LogP contribution in [0.4, 0.5) is 4.39 Å². The third kappa shape index (κ3) is 3.08. The average Bonchev–Trinajstić information content (AvgIpc) is 2.81. The van der Waals surface area contributed by atoms with Crippen LogP contribution in [0.5, 0.6) is 0 Å². The Bertz CT molecular complexity index is 482. The monoisotopic (exact) mass is 251 g/mol. The Labute approximate surface area is 104 Å². The highest BCUT2D eigenvalue weighted by Crippen LogP contribution is 2.22. The van der Waals surface area contributed by atoms with Crippen molar-refractivity contribution in [3.63, 3.8) is 0 Å². The van der Waals surface area contributed by atoms with Gasteiger partial charge in [-0.15, -0.1) is 11.3 Å². The minimum absolute atomic E-state index is 0.222. The Balaban J connectivity index is 2.03. The van der Waals surface area contributed by atoms with Gasteiger partial charge in [0.1, 0.15) is 10.8 Å². The second-order valence-electron chi connectivity index (χ2n) is 4.33. The molecule has 17 heavy (non-hydrogen) atoms. The lowest BCUT2D eigenvalue weighted by molar-refractivity contribution is 0.398. The van der Waals surface area contributed by atoms with E-state index in [0.29, 0.717) is 6.54 Å². The number of hydrogen-bond donors (Lipinski definition) is 1. The maximum absolute atomic E-state index is 13.0. The van der Waals surface area contributed by atoms with Crippen LogP contribution in [0.25, 0.3) is 0 Å². The zero-order valence-corrected chi connectivity index (χ0v) is 10.6. The van der Waals surface area contributed by atoms with E-state index in [1.54, 1.807) is 23.7 Å². The van der Waals surface area contributed by atoms with Crippen molar-refractivity contribution in [1.82, 2.24) is 15.3 Å². The van der Waals surface area contributed by atoms with Crippen LogP contribution in [-0.4, -0.2) is 9.97 Å². The lowest BCUT2D eigenvalue weighted by Gasteiger charge is -2.23. The molecule has 0 bridgehead atoms. The minimum Gasteiger partial charge on any atom is -0.302 e. The lowest BCUT2D eigenvalue weighted by atomic mass is 10.1. The van der Waals surface area contributed by atoms with Gasteiger partial charge in [0.25, 0.3) is 0 Å². The van der Waals surface area contributed by atoms with Gasteiger partial charge in [-0.1, -0.05) is 0 Å². The average molecular weight is 251 g/mol. The number of pyridine rings is 1. The molecular weight excluding hydrogens is 237 g/mol. The van der Waals surface area contributed by atoms with Crippen molar-refractivity contribution < 1.29 is 4.39 Å². The molecule has 1 N–H and O–H groups in total. The maximum atomic E-state index is 13.0. The Morgan fingerprint density at radius 3 is 2.88 bits per heavy atom. The molecule has 0 fully saturated rings. The van der Waals surface area contributed by atoms with E-state index < -0.39 is 0 Å².